The average molecular weight is 312 g/mol. The number of nitriles is 1. The van der Waals surface area contributed by atoms with E-state index in [1.165, 1.54) is 32.1 Å². The molecule has 4 nitrogen and oxygen atoms in total. The van der Waals surface area contributed by atoms with Crippen molar-refractivity contribution in [3.8, 4) is 6.07 Å². The molecule has 2 aliphatic rings. The van der Waals surface area contributed by atoms with Gasteiger partial charge in [0.1, 0.15) is 0 Å². The predicted octanol–water partition coefficient (Wildman–Crippen LogP) is 3.23. The second kappa shape index (κ2) is 6.72. The smallest absolute Gasteiger partial charge is 0.253 e. The third-order valence-electron chi connectivity index (χ3n) is 5.41. The van der Waals surface area contributed by atoms with Crippen LogP contribution in [0, 0.1) is 22.7 Å². The third kappa shape index (κ3) is 3.25. The highest BCUT2D eigenvalue weighted by molar-refractivity contribution is 5.94. The molecule has 1 aromatic carbocycles. The Morgan fingerprint density at radius 3 is 2.43 bits per heavy atom. The summed E-state index contributed by atoms with van der Waals surface area (Å²) in [4.78, 5) is 14.5. The lowest BCUT2D eigenvalue weighted by Gasteiger charge is -2.50. The summed E-state index contributed by atoms with van der Waals surface area (Å²) >= 11 is 0. The zero-order valence-electron chi connectivity index (χ0n) is 13.8. The van der Waals surface area contributed by atoms with E-state index in [0.29, 0.717) is 17.0 Å². The van der Waals surface area contributed by atoms with E-state index in [9.17, 15) is 4.79 Å². The number of nitrogens with zero attached hydrogens (tertiary/aromatic N) is 2. The molecule has 2 fully saturated rings. The van der Waals surface area contributed by atoms with E-state index in [0.717, 1.165) is 19.8 Å². The Bertz CT molecular complexity index is 593. The first-order valence-corrected chi connectivity index (χ1v) is 8.48. The van der Waals surface area contributed by atoms with Gasteiger partial charge in [-0.1, -0.05) is 19.3 Å². The van der Waals surface area contributed by atoms with Crippen LogP contribution in [0.15, 0.2) is 24.3 Å². The summed E-state index contributed by atoms with van der Waals surface area (Å²) < 4.78 is 5.53. The Labute approximate surface area is 138 Å². The number of benzene rings is 1. The summed E-state index contributed by atoms with van der Waals surface area (Å²) in [7, 11) is 1.88. The van der Waals surface area contributed by atoms with Crippen LogP contribution >= 0.6 is 0 Å². The van der Waals surface area contributed by atoms with Crippen LogP contribution in [-0.2, 0) is 4.74 Å². The van der Waals surface area contributed by atoms with Crippen molar-refractivity contribution in [3.63, 3.8) is 0 Å². The van der Waals surface area contributed by atoms with Crippen molar-refractivity contribution in [3.05, 3.63) is 35.4 Å². The van der Waals surface area contributed by atoms with E-state index in [4.69, 9.17) is 10.00 Å². The van der Waals surface area contributed by atoms with Gasteiger partial charge in [0.15, 0.2) is 0 Å². The Balaban J connectivity index is 1.67. The number of carbonyl (C=O) groups is 1. The summed E-state index contributed by atoms with van der Waals surface area (Å²) in [5, 5.41) is 8.85. The molecule has 0 radical (unpaired) electrons. The maximum atomic E-state index is 12.6. The van der Waals surface area contributed by atoms with Gasteiger partial charge in [-0.15, -0.1) is 0 Å². The van der Waals surface area contributed by atoms with Gasteiger partial charge in [0, 0.05) is 24.6 Å². The zero-order valence-corrected chi connectivity index (χ0v) is 13.8. The Hall–Kier alpha value is -1.86. The second-order valence-electron chi connectivity index (χ2n) is 7.04. The molecule has 1 saturated heterocycles. The Morgan fingerprint density at radius 1 is 1.26 bits per heavy atom. The normalized spacial score (nSPS) is 20.3. The van der Waals surface area contributed by atoms with Gasteiger partial charge in [0.2, 0.25) is 0 Å². The minimum Gasteiger partial charge on any atom is -0.380 e. The van der Waals surface area contributed by atoms with Crippen LogP contribution in [-0.4, -0.2) is 37.6 Å². The molecule has 1 amide bonds. The molecule has 0 bridgehead atoms. The summed E-state index contributed by atoms with van der Waals surface area (Å²) in [6, 6.07) is 8.95. The molecular weight excluding hydrogens is 288 g/mol. The van der Waals surface area contributed by atoms with Crippen molar-refractivity contribution in [1.29, 1.82) is 5.26 Å². The van der Waals surface area contributed by atoms with E-state index in [2.05, 4.69) is 6.07 Å². The van der Waals surface area contributed by atoms with Crippen LogP contribution in [0.2, 0.25) is 0 Å². The van der Waals surface area contributed by atoms with Gasteiger partial charge in [-0.2, -0.15) is 5.26 Å². The van der Waals surface area contributed by atoms with Gasteiger partial charge in [0.05, 0.1) is 24.8 Å². The minimum atomic E-state index is 0.0246. The van der Waals surface area contributed by atoms with Gasteiger partial charge < -0.3 is 9.64 Å². The van der Waals surface area contributed by atoms with Crippen LogP contribution < -0.4 is 0 Å². The van der Waals surface area contributed by atoms with Gasteiger partial charge in [-0.25, -0.2) is 0 Å². The highest BCUT2D eigenvalue weighted by Gasteiger charge is 2.46. The van der Waals surface area contributed by atoms with Gasteiger partial charge in [-0.05, 0) is 43.0 Å². The summed E-state index contributed by atoms with van der Waals surface area (Å²) in [6.07, 6.45) is 6.48. The van der Waals surface area contributed by atoms with Gasteiger partial charge >= 0.3 is 0 Å². The number of amides is 1. The number of rotatable bonds is 4. The quantitative estimate of drug-likeness (QED) is 0.857. The fourth-order valence-corrected chi connectivity index (χ4v) is 3.99. The van der Waals surface area contributed by atoms with Crippen molar-refractivity contribution < 1.29 is 9.53 Å². The highest BCUT2D eigenvalue weighted by atomic mass is 16.5. The molecule has 1 aromatic rings. The first-order valence-electron chi connectivity index (χ1n) is 8.48. The van der Waals surface area contributed by atoms with Crippen molar-refractivity contribution >= 4 is 5.91 Å². The third-order valence-corrected chi connectivity index (χ3v) is 5.41. The van der Waals surface area contributed by atoms with Crippen molar-refractivity contribution in [2.24, 2.45) is 11.3 Å². The van der Waals surface area contributed by atoms with Crippen molar-refractivity contribution in [1.82, 2.24) is 4.90 Å². The molecule has 122 valence electrons. The SMILES string of the molecule is CN(CC1(C2CCCCC2)COC1)C(=O)c1ccc(C#N)cc1. The molecule has 0 N–H and O–H groups in total. The van der Waals surface area contributed by atoms with Crippen molar-refractivity contribution in [2.45, 2.75) is 32.1 Å². The Kier molecular flexibility index (Phi) is 4.68. The molecule has 0 atom stereocenters. The lowest BCUT2D eigenvalue weighted by Crippen LogP contribution is -2.56. The van der Waals surface area contributed by atoms with E-state index < -0.39 is 0 Å². The lowest BCUT2D eigenvalue weighted by atomic mass is 9.67. The molecular formula is C19H24N2O2. The van der Waals surface area contributed by atoms with E-state index in [-0.39, 0.29) is 11.3 Å². The Morgan fingerprint density at radius 2 is 1.91 bits per heavy atom. The fraction of sp³-hybridized carbons (Fsp3) is 0.579. The van der Waals surface area contributed by atoms with Crippen LogP contribution in [0.5, 0.6) is 0 Å². The van der Waals surface area contributed by atoms with Crippen molar-refractivity contribution in [2.75, 3.05) is 26.8 Å². The first kappa shape index (κ1) is 16.0. The summed E-state index contributed by atoms with van der Waals surface area (Å²) in [5.74, 6) is 0.706. The molecule has 0 unspecified atom stereocenters. The standard InChI is InChI=1S/C19H24N2O2/c1-21(18(22)16-9-7-15(11-20)8-10-16)12-19(13-23-14-19)17-5-3-2-4-6-17/h7-10,17H,2-6,12-14H2,1H3. The lowest BCUT2D eigenvalue weighted by molar-refractivity contribution is -0.158. The largest absolute Gasteiger partial charge is 0.380 e. The van der Waals surface area contributed by atoms with Gasteiger partial charge in [-0.3, -0.25) is 4.79 Å². The molecule has 0 aromatic heterocycles. The molecule has 3 rings (SSSR count). The first-order chi connectivity index (χ1) is 11.1. The topological polar surface area (TPSA) is 53.3 Å². The zero-order chi connectivity index (χ0) is 16.3. The van der Waals surface area contributed by atoms with E-state index >= 15 is 0 Å². The second-order valence-corrected chi connectivity index (χ2v) is 7.04. The van der Waals surface area contributed by atoms with E-state index in [1.54, 1.807) is 24.3 Å². The number of ether oxygens (including phenoxy) is 1. The summed E-state index contributed by atoms with van der Waals surface area (Å²) in [5.41, 5.74) is 1.37. The number of hydrogen-bond donors (Lipinski definition) is 0. The highest BCUT2D eigenvalue weighted by Crippen LogP contribution is 2.44. The molecule has 23 heavy (non-hydrogen) atoms. The average Bonchev–Trinajstić information content (AvgIpc) is 2.58. The predicted molar refractivity (Wildman–Crippen MR) is 87.9 cm³/mol. The maximum absolute atomic E-state index is 12.6. The molecule has 4 heteroatoms. The van der Waals surface area contributed by atoms with Crippen LogP contribution in [0.4, 0.5) is 0 Å². The van der Waals surface area contributed by atoms with Crippen LogP contribution in [0.3, 0.4) is 0 Å². The molecule has 1 aliphatic heterocycles. The molecule has 1 heterocycles. The van der Waals surface area contributed by atoms with Gasteiger partial charge in [0.25, 0.3) is 5.91 Å². The maximum Gasteiger partial charge on any atom is 0.253 e. The number of hydrogen-bond acceptors (Lipinski definition) is 3. The summed E-state index contributed by atoms with van der Waals surface area (Å²) in [6.45, 7) is 2.32. The minimum absolute atomic E-state index is 0.0246. The fourth-order valence-electron chi connectivity index (χ4n) is 3.99. The van der Waals surface area contributed by atoms with E-state index in [1.807, 2.05) is 11.9 Å². The molecule has 1 aliphatic carbocycles. The number of carbonyl (C=O) groups excluding carboxylic acids is 1. The molecule has 0 spiro atoms. The van der Waals surface area contributed by atoms with Crippen LogP contribution in [0.1, 0.15) is 48.0 Å². The van der Waals surface area contributed by atoms with Crippen LogP contribution in [0.25, 0.3) is 0 Å². The molecule has 1 saturated carbocycles. The monoisotopic (exact) mass is 312 g/mol.